The molecule has 0 bridgehead atoms. The van der Waals surface area contributed by atoms with Gasteiger partial charge in [0.1, 0.15) is 11.6 Å². The summed E-state index contributed by atoms with van der Waals surface area (Å²) < 4.78 is 2.10. The van der Waals surface area contributed by atoms with Crippen molar-refractivity contribution in [1.29, 1.82) is 0 Å². The third-order valence-electron chi connectivity index (χ3n) is 3.17. The second kappa shape index (κ2) is 6.74. The van der Waals surface area contributed by atoms with Gasteiger partial charge in [0, 0.05) is 18.8 Å². The van der Waals surface area contributed by atoms with E-state index in [1.54, 1.807) is 11.8 Å². The Hall–Kier alpha value is -1.56. The molecule has 0 aliphatic carbocycles. The van der Waals surface area contributed by atoms with Crippen LogP contribution in [0.15, 0.2) is 17.6 Å². The maximum Gasteiger partial charge on any atom is 0.167 e. The highest BCUT2D eigenvalue weighted by Crippen LogP contribution is 2.17. The molecule has 0 fully saturated rings. The summed E-state index contributed by atoms with van der Waals surface area (Å²) in [6, 6.07) is 0. The molecule has 0 atom stereocenters. The van der Waals surface area contributed by atoms with E-state index in [0.29, 0.717) is 0 Å². The highest BCUT2D eigenvalue weighted by molar-refractivity contribution is 7.98. The van der Waals surface area contributed by atoms with Gasteiger partial charge < -0.3 is 9.88 Å². The fraction of sp³-hybridized carbons (Fsp3) is 0.500. The molecule has 6 heteroatoms. The van der Waals surface area contributed by atoms with Crippen molar-refractivity contribution in [2.45, 2.75) is 38.4 Å². The topological polar surface area (TPSA) is 55.6 Å². The first-order chi connectivity index (χ1) is 9.65. The van der Waals surface area contributed by atoms with Crippen molar-refractivity contribution in [2.75, 3.05) is 11.6 Å². The van der Waals surface area contributed by atoms with Crippen molar-refractivity contribution < 1.29 is 0 Å². The number of aryl methyl sites for hydroxylation is 2. The van der Waals surface area contributed by atoms with Gasteiger partial charge >= 0.3 is 0 Å². The first kappa shape index (κ1) is 14.8. The van der Waals surface area contributed by atoms with Crippen LogP contribution in [0.2, 0.25) is 0 Å². The van der Waals surface area contributed by atoms with Crippen LogP contribution in [0.25, 0.3) is 0 Å². The quantitative estimate of drug-likeness (QED) is 0.829. The molecule has 5 nitrogen and oxygen atoms in total. The third-order valence-corrected chi connectivity index (χ3v) is 3.91. The molecule has 0 aliphatic heterocycles. The van der Waals surface area contributed by atoms with Gasteiger partial charge in [0.05, 0.1) is 18.4 Å². The molecule has 2 aromatic heterocycles. The Bertz CT molecular complexity index is 579. The van der Waals surface area contributed by atoms with Crippen molar-refractivity contribution in [3.8, 4) is 0 Å². The van der Waals surface area contributed by atoms with Crippen LogP contribution in [-0.4, -0.2) is 25.8 Å². The van der Waals surface area contributed by atoms with Crippen LogP contribution in [0.5, 0.6) is 0 Å². The van der Waals surface area contributed by atoms with E-state index in [-0.39, 0.29) is 0 Å². The molecule has 2 aromatic rings. The number of anilines is 1. The normalized spacial score (nSPS) is 10.8. The molecule has 0 saturated carbocycles. The molecule has 0 amide bonds. The SMILES string of the molecule is CCCc1cnc(C)nc1NCc1cnc(SC)n1C. The highest BCUT2D eigenvalue weighted by Gasteiger charge is 2.08. The summed E-state index contributed by atoms with van der Waals surface area (Å²) in [4.78, 5) is 13.2. The van der Waals surface area contributed by atoms with E-state index >= 15 is 0 Å². The predicted molar refractivity (Wildman–Crippen MR) is 83.1 cm³/mol. The van der Waals surface area contributed by atoms with Gasteiger partial charge in [-0.15, -0.1) is 0 Å². The third kappa shape index (κ3) is 3.30. The molecule has 0 aliphatic rings. The van der Waals surface area contributed by atoms with Gasteiger partial charge in [0.2, 0.25) is 0 Å². The maximum atomic E-state index is 4.51. The van der Waals surface area contributed by atoms with E-state index in [0.717, 1.165) is 41.9 Å². The van der Waals surface area contributed by atoms with Gasteiger partial charge in [-0.3, -0.25) is 0 Å². The van der Waals surface area contributed by atoms with Crippen molar-refractivity contribution in [3.05, 3.63) is 29.5 Å². The van der Waals surface area contributed by atoms with Gasteiger partial charge in [0.15, 0.2) is 5.16 Å². The van der Waals surface area contributed by atoms with E-state index < -0.39 is 0 Å². The van der Waals surface area contributed by atoms with Gasteiger partial charge in [-0.2, -0.15) is 0 Å². The number of thioether (sulfide) groups is 1. The Morgan fingerprint density at radius 3 is 2.75 bits per heavy atom. The summed E-state index contributed by atoms with van der Waals surface area (Å²) in [5.74, 6) is 1.73. The Labute approximate surface area is 124 Å². The van der Waals surface area contributed by atoms with Gasteiger partial charge in [-0.25, -0.2) is 15.0 Å². The van der Waals surface area contributed by atoms with Crippen LogP contribution in [0.4, 0.5) is 5.82 Å². The molecule has 0 radical (unpaired) electrons. The molecule has 2 heterocycles. The molecule has 0 saturated heterocycles. The Balaban J connectivity index is 2.13. The predicted octanol–water partition coefficient (Wildman–Crippen LogP) is 2.81. The summed E-state index contributed by atoms with van der Waals surface area (Å²) >= 11 is 1.65. The van der Waals surface area contributed by atoms with E-state index in [9.17, 15) is 0 Å². The summed E-state index contributed by atoms with van der Waals surface area (Å²) in [5.41, 5.74) is 2.32. The number of hydrogen-bond acceptors (Lipinski definition) is 5. The largest absolute Gasteiger partial charge is 0.364 e. The number of nitrogens with one attached hydrogen (secondary N) is 1. The summed E-state index contributed by atoms with van der Waals surface area (Å²) in [5, 5.41) is 4.43. The number of hydrogen-bond donors (Lipinski definition) is 1. The van der Waals surface area contributed by atoms with Gasteiger partial charge in [-0.05, 0) is 19.6 Å². The van der Waals surface area contributed by atoms with E-state index in [4.69, 9.17) is 0 Å². The lowest BCUT2D eigenvalue weighted by molar-refractivity contribution is 0.746. The monoisotopic (exact) mass is 291 g/mol. The van der Waals surface area contributed by atoms with Crippen LogP contribution in [-0.2, 0) is 20.0 Å². The minimum absolute atomic E-state index is 0.719. The second-order valence-electron chi connectivity index (χ2n) is 4.69. The Kier molecular flexibility index (Phi) is 5.00. The lowest BCUT2D eigenvalue weighted by atomic mass is 10.2. The number of aromatic nitrogens is 4. The van der Waals surface area contributed by atoms with Crippen molar-refractivity contribution in [3.63, 3.8) is 0 Å². The zero-order valence-electron chi connectivity index (χ0n) is 12.5. The van der Waals surface area contributed by atoms with Crippen LogP contribution in [0.1, 0.15) is 30.4 Å². The maximum absolute atomic E-state index is 4.51. The molecule has 0 unspecified atom stereocenters. The van der Waals surface area contributed by atoms with E-state index in [1.165, 1.54) is 5.56 Å². The zero-order chi connectivity index (χ0) is 14.5. The first-order valence-corrected chi connectivity index (χ1v) is 7.99. The Morgan fingerprint density at radius 2 is 2.10 bits per heavy atom. The zero-order valence-corrected chi connectivity index (χ0v) is 13.3. The average Bonchev–Trinajstić information content (AvgIpc) is 2.80. The van der Waals surface area contributed by atoms with Crippen LogP contribution in [0.3, 0.4) is 0 Å². The molecule has 1 N–H and O–H groups in total. The molecule has 108 valence electrons. The molecule has 0 aromatic carbocycles. The lowest BCUT2D eigenvalue weighted by Gasteiger charge is -2.11. The minimum Gasteiger partial charge on any atom is -0.364 e. The fourth-order valence-electron chi connectivity index (χ4n) is 2.05. The van der Waals surface area contributed by atoms with Gasteiger partial charge in [0.25, 0.3) is 0 Å². The summed E-state index contributed by atoms with van der Waals surface area (Å²) in [6.45, 7) is 4.80. The highest BCUT2D eigenvalue weighted by atomic mass is 32.2. The number of imidazole rings is 1. The number of rotatable bonds is 6. The molecule has 0 spiro atoms. The average molecular weight is 291 g/mol. The first-order valence-electron chi connectivity index (χ1n) is 6.76. The minimum atomic E-state index is 0.719. The fourth-order valence-corrected chi connectivity index (χ4v) is 2.60. The molecule has 2 rings (SSSR count). The molecular weight excluding hydrogens is 270 g/mol. The number of nitrogens with zero attached hydrogens (tertiary/aromatic N) is 4. The van der Waals surface area contributed by atoms with E-state index in [1.807, 2.05) is 32.6 Å². The van der Waals surface area contributed by atoms with Crippen molar-refractivity contribution in [2.24, 2.45) is 7.05 Å². The lowest BCUT2D eigenvalue weighted by Crippen LogP contribution is -2.09. The Morgan fingerprint density at radius 1 is 1.30 bits per heavy atom. The van der Waals surface area contributed by atoms with Gasteiger partial charge in [-0.1, -0.05) is 25.1 Å². The van der Waals surface area contributed by atoms with Crippen LogP contribution in [0, 0.1) is 6.92 Å². The van der Waals surface area contributed by atoms with Crippen LogP contribution >= 0.6 is 11.8 Å². The van der Waals surface area contributed by atoms with E-state index in [2.05, 4.69) is 31.8 Å². The standard InChI is InChI=1S/C14H21N5S/c1-5-6-11-7-15-10(2)18-13(11)16-8-12-9-17-14(20-4)19(12)3/h7,9H,5-6,8H2,1-4H3,(H,15,16,18). The molecule has 20 heavy (non-hydrogen) atoms. The summed E-state index contributed by atoms with van der Waals surface area (Å²) in [7, 11) is 2.04. The van der Waals surface area contributed by atoms with Crippen molar-refractivity contribution >= 4 is 17.6 Å². The van der Waals surface area contributed by atoms with Crippen LogP contribution < -0.4 is 5.32 Å². The smallest absolute Gasteiger partial charge is 0.167 e. The second-order valence-corrected chi connectivity index (χ2v) is 5.46. The molecular formula is C14H21N5S. The van der Waals surface area contributed by atoms with Crippen molar-refractivity contribution in [1.82, 2.24) is 19.5 Å². The summed E-state index contributed by atoms with van der Waals surface area (Å²) in [6.07, 6.45) is 7.94.